The van der Waals surface area contributed by atoms with Gasteiger partial charge in [0.1, 0.15) is 0 Å². The van der Waals surface area contributed by atoms with Crippen molar-refractivity contribution < 1.29 is 14.3 Å². The van der Waals surface area contributed by atoms with E-state index >= 15 is 0 Å². The van der Waals surface area contributed by atoms with E-state index in [4.69, 9.17) is 4.74 Å². The lowest BCUT2D eigenvalue weighted by atomic mass is 9.86. The van der Waals surface area contributed by atoms with E-state index in [9.17, 15) is 9.59 Å². The normalized spacial score (nSPS) is 28.2. The lowest BCUT2D eigenvalue weighted by Gasteiger charge is -2.30. The van der Waals surface area contributed by atoms with Crippen LogP contribution in [0.25, 0.3) is 0 Å². The standard InChI is InChI=1S/C16H14O3/c17-14-7-6-12-8-10-16(14,11-9-12)19-15(18)13-4-2-1-3-5-13/h1-8,10,12H,9,11H2. The molecular formula is C16H14O3. The van der Waals surface area contributed by atoms with Crippen LogP contribution in [0, 0.1) is 5.92 Å². The van der Waals surface area contributed by atoms with Crippen LogP contribution >= 0.6 is 0 Å². The average molecular weight is 254 g/mol. The third-order valence-electron chi connectivity index (χ3n) is 3.66. The number of allylic oxidation sites excluding steroid dienone is 2. The van der Waals surface area contributed by atoms with Gasteiger partial charge in [-0.1, -0.05) is 30.4 Å². The van der Waals surface area contributed by atoms with Crippen LogP contribution in [-0.4, -0.2) is 17.4 Å². The van der Waals surface area contributed by atoms with Crippen molar-refractivity contribution in [2.24, 2.45) is 5.92 Å². The zero-order valence-corrected chi connectivity index (χ0v) is 10.4. The first-order chi connectivity index (χ1) is 9.20. The molecule has 0 N–H and O–H groups in total. The van der Waals surface area contributed by atoms with E-state index in [1.54, 1.807) is 30.3 Å². The number of ketones is 1. The summed E-state index contributed by atoms with van der Waals surface area (Å²) >= 11 is 0. The smallest absolute Gasteiger partial charge is 0.339 e. The molecule has 3 aliphatic rings. The predicted octanol–water partition coefficient (Wildman–Crippen LogP) is 2.69. The zero-order valence-electron chi connectivity index (χ0n) is 10.4. The molecule has 4 rings (SSSR count). The summed E-state index contributed by atoms with van der Waals surface area (Å²) in [6, 6.07) is 8.75. The first-order valence-corrected chi connectivity index (χ1v) is 6.40. The van der Waals surface area contributed by atoms with Gasteiger partial charge in [0, 0.05) is 0 Å². The Morgan fingerprint density at radius 1 is 1.21 bits per heavy atom. The number of esters is 1. The molecule has 19 heavy (non-hydrogen) atoms. The van der Waals surface area contributed by atoms with Crippen LogP contribution in [0.4, 0.5) is 0 Å². The van der Waals surface area contributed by atoms with Crippen LogP contribution in [0.15, 0.2) is 54.6 Å². The molecule has 0 saturated carbocycles. The summed E-state index contributed by atoms with van der Waals surface area (Å²) in [4.78, 5) is 24.3. The second-order valence-corrected chi connectivity index (χ2v) is 4.93. The fourth-order valence-corrected chi connectivity index (χ4v) is 2.49. The van der Waals surface area contributed by atoms with Crippen LogP contribution < -0.4 is 0 Å². The van der Waals surface area contributed by atoms with Crippen LogP contribution in [-0.2, 0) is 9.53 Å². The quantitative estimate of drug-likeness (QED) is 0.602. The largest absolute Gasteiger partial charge is 0.443 e. The minimum Gasteiger partial charge on any atom is -0.443 e. The fraction of sp³-hybridized carbons (Fsp3) is 0.250. The summed E-state index contributed by atoms with van der Waals surface area (Å²) in [5, 5.41) is 0. The van der Waals surface area contributed by atoms with Crippen molar-refractivity contribution in [3.05, 3.63) is 60.2 Å². The Bertz CT molecular complexity index is 571. The Hall–Kier alpha value is -2.16. The summed E-state index contributed by atoms with van der Waals surface area (Å²) in [6.45, 7) is 0. The first kappa shape index (κ1) is 11.9. The van der Waals surface area contributed by atoms with Gasteiger partial charge in [-0.25, -0.2) is 4.79 Å². The van der Waals surface area contributed by atoms with Crippen molar-refractivity contribution in [2.75, 3.05) is 0 Å². The number of carbonyl (C=O) groups excluding carboxylic acids is 2. The van der Waals surface area contributed by atoms with Gasteiger partial charge < -0.3 is 4.74 Å². The van der Waals surface area contributed by atoms with Gasteiger partial charge in [-0.3, -0.25) is 4.79 Å². The van der Waals surface area contributed by atoms with Crippen molar-refractivity contribution in [3.8, 4) is 0 Å². The van der Waals surface area contributed by atoms with Gasteiger partial charge in [0.25, 0.3) is 0 Å². The molecule has 0 fully saturated rings. The Balaban J connectivity index is 1.88. The maximum atomic E-state index is 12.1. The third kappa shape index (κ3) is 2.12. The summed E-state index contributed by atoms with van der Waals surface area (Å²) in [5.74, 6) is -0.310. The maximum Gasteiger partial charge on any atom is 0.339 e. The van der Waals surface area contributed by atoms with Crippen LogP contribution in [0.3, 0.4) is 0 Å². The first-order valence-electron chi connectivity index (χ1n) is 6.40. The number of hydrogen-bond acceptors (Lipinski definition) is 3. The van der Waals surface area contributed by atoms with Gasteiger partial charge in [0.2, 0.25) is 5.78 Å². The molecule has 3 aliphatic carbocycles. The molecule has 1 aromatic carbocycles. The van der Waals surface area contributed by atoms with Crippen molar-refractivity contribution in [1.82, 2.24) is 0 Å². The third-order valence-corrected chi connectivity index (χ3v) is 3.66. The zero-order chi connectivity index (χ0) is 13.3. The highest BCUT2D eigenvalue weighted by molar-refractivity contribution is 6.02. The Labute approximate surface area is 111 Å². The molecule has 2 unspecified atom stereocenters. The second kappa shape index (κ2) is 4.50. The number of hydrogen-bond donors (Lipinski definition) is 0. The molecule has 0 heterocycles. The van der Waals surface area contributed by atoms with Gasteiger partial charge >= 0.3 is 5.97 Å². The van der Waals surface area contributed by atoms with Crippen LogP contribution in [0.5, 0.6) is 0 Å². The molecule has 0 radical (unpaired) electrons. The molecule has 1 aromatic rings. The van der Waals surface area contributed by atoms with E-state index in [-0.39, 0.29) is 11.7 Å². The summed E-state index contributed by atoms with van der Waals surface area (Å²) in [5.41, 5.74) is -0.635. The summed E-state index contributed by atoms with van der Waals surface area (Å²) in [7, 11) is 0. The number of fused-ring (bicyclic) bond motifs is 2. The van der Waals surface area contributed by atoms with Crippen molar-refractivity contribution in [1.29, 1.82) is 0 Å². The molecule has 3 nitrogen and oxygen atoms in total. The molecule has 0 saturated heterocycles. The molecule has 96 valence electrons. The number of benzene rings is 1. The second-order valence-electron chi connectivity index (χ2n) is 4.93. The van der Waals surface area contributed by atoms with E-state index in [2.05, 4.69) is 0 Å². The summed E-state index contributed by atoms with van der Waals surface area (Å²) in [6.07, 6.45) is 8.49. The Morgan fingerprint density at radius 3 is 2.68 bits per heavy atom. The van der Waals surface area contributed by atoms with E-state index in [0.717, 1.165) is 6.42 Å². The molecule has 0 aliphatic heterocycles. The van der Waals surface area contributed by atoms with E-state index < -0.39 is 11.6 Å². The lowest BCUT2D eigenvalue weighted by molar-refractivity contribution is -0.129. The SMILES string of the molecule is O=C(OC12C=CC(C=CC1=O)CC2)c1ccccc1. The molecule has 3 heteroatoms. The maximum absolute atomic E-state index is 12.1. The van der Waals surface area contributed by atoms with Crippen LogP contribution in [0.1, 0.15) is 23.2 Å². The Kier molecular flexibility index (Phi) is 2.82. The highest BCUT2D eigenvalue weighted by Gasteiger charge is 2.42. The van der Waals surface area contributed by atoms with E-state index in [1.165, 1.54) is 6.08 Å². The van der Waals surface area contributed by atoms with Crippen molar-refractivity contribution >= 4 is 11.8 Å². The number of rotatable bonds is 2. The highest BCUT2D eigenvalue weighted by atomic mass is 16.6. The molecule has 0 amide bonds. The number of ether oxygens (including phenoxy) is 1. The van der Waals surface area contributed by atoms with Gasteiger partial charge in [-0.2, -0.15) is 0 Å². The molecule has 0 spiro atoms. The van der Waals surface area contributed by atoms with E-state index in [0.29, 0.717) is 12.0 Å². The molecular weight excluding hydrogens is 240 g/mol. The van der Waals surface area contributed by atoms with Crippen LogP contribution in [0.2, 0.25) is 0 Å². The molecule has 0 aromatic heterocycles. The monoisotopic (exact) mass is 254 g/mol. The van der Waals surface area contributed by atoms with Crippen molar-refractivity contribution in [2.45, 2.75) is 18.4 Å². The van der Waals surface area contributed by atoms with Crippen molar-refractivity contribution in [3.63, 3.8) is 0 Å². The molecule has 2 atom stereocenters. The summed E-state index contributed by atoms with van der Waals surface area (Å²) < 4.78 is 5.52. The van der Waals surface area contributed by atoms with Gasteiger partial charge in [-0.15, -0.1) is 0 Å². The Morgan fingerprint density at radius 2 is 2.00 bits per heavy atom. The van der Waals surface area contributed by atoms with Gasteiger partial charge in [0.15, 0.2) is 5.60 Å². The van der Waals surface area contributed by atoms with Gasteiger partial charge in [0.05, 0.1) is 5.56 Å². The fourth-order valence-electron chi connectivity index (χ4n) is 2.49. The highest BCUT2D eigenvalue weighted by Crippen LogP contribution is 2.34. The topological polar surface area (TPSA) is 43.4 Å². The number of carbonyl (C=O) groups is 2. The molecule has 2 bridgehead atoms. The minimum absolute atomic E-state index is 0.145. The lowest BCUT2D eigenvalue weighted by Crippen LogP contribution is -2.41. The minimum atomic E-state index is -1.10. The average Bonchev–Trinajstić information content (AvgIpc) is 2.70. The van der Waals surface area contributed by atoms with Gasteiger partial charge in [-0.05, 0) is 43.0 Å². The predicted molar refractivity (Wildman–Crippen MR) is 70.6 cm³/mol. The van der Waals surface area contributed by atoms with E-state index in [1.807, 2.05) is 18.2 Å².